The molecule has 9 heteroatoms. The molecule has 0 N–H and O–H groups in total. The van der Waals surface area contributed by atoms with E-state index in [9.17, 15) is 22.8 Å². The molecular formula is C30H37F3N2O4. The molecule has 1 aliphatic carbocycles. The Bertz CT molecular complexity index is 1110. The van der Waals surface area contributed by atoms with E-state index >= 15 is 0 Å². The first-order chi connectivity index (χ1) is 18.7. The highest BCUT2D eigenvalue weighted by molar-refractivity contribution is 6.01. The number of imide groups is 1. The first-order valence-electron chi connectivity index (χ1n) is 13.7. The van der Waals surface area contributed by atoms with Gasteiger partial charge in [0, 0.05) is 32.0 Å². The molecule has 1 aliphatic heterocycles. The molecule has 0 aromatic heterocycles. The number of nitrogens with zero attached hydrogens (tertiary/aromatic N) is 2. The van der Waals surface area contributed by atoms with Gasteiger partial charge in [-0.15, -0.1) is 0 Å². The number of methoxy groups -OCH3 is 1. The van der Waals surface area contributed by atoms with Crippen molar-refractivity contribution in [2.24, 2.45) is 5.92 Å². The second kappa shape index (κ2) is 12.9. The third-order valence-electron chi connectivity index (χ3n) is 7.83. The summed E-state index contributed by atoms with van der Waals surface area (Å²) < 4.78 is 50.7. The lowest BCUT2D eigenvalue weighted by Crippen LogP contribution is -2.33. The Morgan fingerprint density at radius 1 is 0.974 bits per heavy atom. The normalized spacial score (nSPS) is 17.6. The third kappa shape index (κ3) is 7.53. The Labute approximate surface area is 228 Å². The minimum absolute atomic E-state index is 0.0772. The molecule has 1 atom stereocenters. The SMILES string of the molecule is COc1cc(CN(CC2CCCCC2)C(C)c2ccc(C(F)(F)F)cc2)ccc1OCCN1C(=O)CCC1=O. The minimum Gasteiger partial charge on any atom is -0.493 e. The standard InChI is InChI=1S/C30H37F3N2O4/c1-21(24-9-11-25(12-10-24)30(31,32)33)34(19-22-6-4-3-5-7-22)20-23-8-13-26(27(18-23)38-2)39-17-16-35-28(36)14-15-29(35)37/h8-13,18,21-22H,3-7,14-17,19-20H2,1-2H3. The van der Waals surface area contributed by atoms with Crippen molar-refractivity contribution in [3.63, 3.8) is 0 Å². The van der Waals surface area contributed by atoms with Crippen LogP contribution in [0, 0.1) is 5.92 Å². The molecule has 1 heterocycles. The predicted octanol–water partition coefficient (Wildman–Crippen LogP) is 6.39. The first-order valence-corrected chi connectivity index (χ1v) is 13.7. The van der Waals surface area contributed by atoms with Crippen molar-refractivity contribution >= 4 is 11.8 Å². The highest BCUT2D eigenvalue weighted by Gasteiger charge is 2.31. The quantitative estimate of drug-likeness (QED) is 0.306. The maximum Gasteiger partial charge on any atom is 0.416 e. The molecule has 39 heavy (non-hydrogen) atoms. The zero-order chi connectivity index (χ0) is 28.0. The van der Waals surface area contributed by atoms with E-state index in [4.69, 9.17) is 9.47 Å². The van der Waals surface area contributed by atoms with E-state index in [1.54, 1.807) is 19.2 Å². The van der Waals surface area contributed by atoms with Gasteiger partial charge in [0.05, 0.1) is 19.2 Å². The van der Waals surface area contributed by atoms with Gasteiger partial charge in [-0.2, -0.15) is 13.2 Å². The van der Waals surface area contributed by atoms with Gasteiger partial charge in [0.1, 0.15) is 6.61 Å². The first kappa shape index (κ1) is 28.9. The second-order valence-corrected chi connectivity index (χ2v) is 10.5. The summed E-state index contributed by atoms with van der Waals surface area (Å²) in [7, 11) is 1.56. The molecule has 2 aromatic rings. The monoisotopic (exact) mass is 546 g/mol. The van der Waals surface area contributed by atoms with Gasteiger partial charge >= 0.3 is 6.18 Å². The molecule has 2 aliphatic rings. The molecule has 212 valence electrons. The zero-order valence-corrected chi connectivity index (χ0v) is 22.6. The van der Waals surface area contributed by atoms with Crippen molar-refractivity contribution in [3.05, 3.63) is 59.2 Å². The molecule has 1 saturated heterocycles. The van der Waals surface area contributed by atoms with Crippen LogP contribution in [0.15, 0.2) is 42.5 Å². The van der Waals surface area contributed by atoms with E-state index in [2.05, 4.69) is 4.90 Å². The third-order valence-corrected chi connectivity index (χ3v) is 7.83. The minimum atomic E-state index is -4.36. The zero-order valence-electron chi connectivity index (χ0n) is 22.6. The Hall–Kier alpha value is -3.07. The number of halogens is 3. The molecule has 2 aromatic carbocycles. The number of hydrogen-bond donors (Lipinski definition) is 0. The molecule has 2 amide bonds. The van der Waals surface area contributed by atoms with Crippen molar-refractivity contribution in [3.8, 4) is 11.5 Å². The Kier molecular flexibility index (Phi) is 9.53. The average molecular weight is 547 g/mol. The number of benzene rings is 2. The van der Waals surface area contributed by atoms with Crippen LogP contribution in [0.3, 0.4) is 0 Å². The summed E-state index contributed by atoms with van der Waals surface area (Å²) >= 11 is 0. The molecule has 0 radical (unpaired) electrons. The predicted molar refractivity (Wildman–Crippen MR) is 141 cm³/mol. The van der Waals surface area contributed by atoms with E-state index in [1.807, 2.05) is 25.1 Å². The lowest BCUT2D eigenvalue weighted by Gasteiger charge is -2.34. The van der Waals surface area contributed by atoms with Crippen molar-refractivity contribution in [2.45, 2.75) is 70.6 Å². The number of hydrogen-bond acceptors (Lipinski definition) is 5. The van der Waals surface area contributed by atoms with E-state index in [1.165, 1.54) is 24.2 Å². The number of ether oxygens (including phenoxy) is 2. The van der Waals surface area contributed by atoms with Gasteiger partial charge in [-0.3, -0.25) is 19.4 Å². The van der Waals surface area contributed by atoms with E-state index in [0.29, 0.717) is 24.0 Å². The Morgan fingerprint density at radius 2 is 1.64 bits per heavy atom. The largest absolute Gasteiger partial charge is 0.493 e. The maximum absolute atomic E-state index is 13.1. The van der Waals surface area contributed by atoms with E-state index in [0.717, 1.165) is 42.6 Å². The van der Waals surface area contributed by atoms with Crippen molar-refractivity contribution < 1.29 is 32.2 Å². The fourth-order valence-electron chi connectivity index (χ4n) is 5.51. The number of carbonyl (C=O) groups excluding carboxylic acids is 2. The molecule has 1 unspecified atom stereocenters. The number of amides is 2. The van der Waals surface area contributed by atoms with E-state index in [-0.39, 0.29) is 43.8 Å². The summed E-state index contributed by atoms with van der Waals surface area (Å²) in [4.78, 5) is 27.2. The average Bonchev–Trinajstić information content (AvgIpc) is 3.25. The molecule has 0 spiro atoms. The molecule has 0 bridgehead atoms. The van der Waals surface area contributed by atoms with Gasteiger partial charge in [0.2, 0.25) is 11.8 Å². The smallest absolute Gasteiger partial charge is 0.416 e. The van der Waals surface area contributed by atoms with Crippen LogP contribution < -0.4 is 9.47 Å². The van der Waals surface area contributed by atoms with Crippen molar-refractivity contribution in [1.29, 1.82) is 0 Å². The Balaban J connectivity index is 1.47. The van der Waals surface area contributed by atoms with Gasteiger partial charge in [0.25, 0.3) is 0 Å². The summed E-state index contributed by atoms with van der Waals surface area (Å²) in [5.74, 6) is 1.27. The van der Waals surface area contributed by atoms with Gasteiger partial charge in [-0.05, 0) is 61.1 Å². The lowest BCUT2D eigenvalue weighted by molar-refractivity contribution is -0.139. The highest BCUT2D eigenvalue weighted by Crippen LogP contribution is 2.34. The van der Waals surface area contributed by atoms with Crippen LogP contribution >= 0.6 is 0 Å². The summed E-state index contributed by atoms with van der Waals surface area (Å²) in [6, 6.07) is 11.1. The highest BCUT2D eigenvalue weighted by atomic mass is 19.4. The number of alkyl halides is 3. The van der Waals surface area contributed by atoms with Gasteiger partial charge < -0.3 is 9.47 Å². The molecular weight excluding hydrogens is 509 g/mol. The van der Waals surface area contributed by atoms with Crippen LogP contribution in [0.5, 0.6) is 11.5 Å². The van der Waals surface area contributed by atoms with Crippen LogP contribution in [0.2, 0.25) is 0 Å². The maximum atomic E-state index is 13.1. The second-order valence-electron chi connectivity index (χ2n) is 10.5. The molecule has 6 nitrogen and oxygen atoms in total. The van der Waals surface area contributed by atoms with Crippen LogP contribution in [0.25, 0.3) is 0 Å². The number of likely N-dealkylation sites (tertiary alicyclic amines) is 1. The van der Waals surface area contributed by atoms with Crippen LogP contribution in [0.1, 0.15) is 74.6 Å². The summed E-state index contributed by atoms with van der Waals surface area (Å²) in [5.41, 5.74) is 1.20. The van der Waals surface area contributed by atoms with Gasteiger partial charge in [0.15, 0.2) is 11.5 Å². The van der Waals surface area contributed by atoms with E-state index < -0.39 is 11.7 Å². The number of rotatable bonds is 11. The summed E-state index contributed by atoms with van der Waals surface area (Å²) in [5, 5.41) is 0. The van der Waals surface area contributed by atoms with Crippen molar-refractivity contribution in [2.75, 3.05) is 26.8 Å². The lowest BCUT2D eigenvalue weighted by atomic mass is 9.88. The van der Waals surface area contributed by atoms with Crippen LogP contribution in [-0.4, -0.2) is 48.4 Å². The van der Waals surface area contributed by atoms with Gasteiger partial charge in [-0.1, -0.05) is 37.5 Å². The topological polar surface area (TPSA) is 59.1 Å². The van der Waals surface area contributed by atoms with Gasteiger partial charge in [-0.25, -0.2) is 0 Å². The van der Waals surface area contributed by atoms with Crippen molar-refractivity contribution in [1.82, 2.24) is 9.80 Å². The molecule has 1 saturated carbocycles. The summed E-state index contributed by atoms with van der Waals surface area (Å²) in [6.45, 7) is 3.88. The fraction of sp³-hybridized carbons (Fsp3) is 0.533. The molecule has 2 fully saturated rings. The Morgan fingerprint density at radius 3 is 2.26 bits per heavy atom. The fourth-order valence-corrected chi connectivity index (χ4v) is 5.51. The molecule has 4 rings (SSSR count). The number of carbonyl (C=O) groups is 2. The van der Waals surface area contributed by atoms with Crippen LogP contribution in [0.4, 0.5) is 13.2 Å². The summed E-state index contributed by atoms with van der Waals surface area (Å²) in [6.07, 6.45) is 2.14. The van der Waals surface area contributed by atoms with Crippen LogP contribution in [-0.2, 0) is 22.3 Å².